The Kier molecular flexibility index (Phi) is 6.77. The molecule has 0 aromatic heterocycles. The van der Waals surface area contributed by atoms with Crippen molar-refractivity contribution in [2.75, 3.05) is 14.2 Å². The van der Waals surface area contributed by atoms with Crippen LogP contribution in [0.1, 0.15) is 55.3 Å². The first-order valence-electron chi connectivity index (χ1n) is 8.39. The second-order valence-electron chi connectivity index (χ2n) is 6.14. The molecule has 0 radical (unpaired) electrons. The van der Waals surface area contributed by atoms with Crippen LogP contribution in [-0.2, 0) is 14.9 Å². The molecule has 1 amide bonds. The Morgan fingerprint density at radius 1 is 1.17 bits per heavy atom. The minimum atomic E-state index is -3.76. The third kappa shape index (κ3) is 4.78. The van der Waals surface area contributed by atoms with Crippen LogP contribution < -0.4 is 5.32 Å². The molecule has 1 N–H and O–H groups in total. The third-order valence-corrected chi connectivity index (χ3v) is 6.11. The van der Waals surface area contributed by atoms with E-state index < -0.39 is 10.0 Å². The summed E-state index contributed by atoms with van der Waals surface area (Å²) in [6, 6.07) is 6.22. The van der Waals surface area contributed by atoms with E-state index in [1.807, 2.05) is 0 Å². The van der Waals surface area contributed by atoms with Crippen molar-refractivity contribution in [3.8, 4) is 0 Å². The Bertz CT molecular complexity index is 652. The van der Waals surface area contributed by atoms with E-state index in [1.165, 1.54) is 45.6 Å². The lowest BCUT2D eigenvalue weighted by molar-refractivity contribution is -0.0258. The van der Waals surface area contributed by atoms with Crippen LogP contribution in [0.2, 0.25) is 0 Å². The van der Waals surface area contributed by atoms with Gasteiger partial charge in [0.05, 0.1) is 12.0 Å². The van der Waals surface area contributed by atoms with Gasteiger partial charge in [0.25, 0.3) is 15.9 Å². The molecule has 1 aromatic rings. The molecular weight excluding hydrogens is 328 g/mol. The zero-order chi connectivity index (χ0) is 17.6. The zero-order valence-electron chi connectivity index (χ0n) is 14.3. The van der Waals surface area contributed by atoms with Gasteiger partial charge in [-0.3, -0.25) is 9.63 Å². The number of nitrogens with zero attached hydrogens (tertiary/aromatic N) is 1. The lowest BCUT2D eigenvalue weighted by Crippen LogP contribution is -2.35. The molecule has 0 bridgehead atoms. The summed E-state index contributed by atoms with van der Waals surface area (Å²) in [5.41, 5.74) is 0.350. The van der Waals surface area contributed by atoms with Crippen LogP contribution in [-0.4, -0.2) is 39.0 Å². The van der Waals surface area contributed by atoms with Crippen LogP contribution in [0.25, 0.3) is 0 Å². The van der Waals surface area contributed by atoms with Gasteiger partial charge < -0.3 is 5.32 Å². The van der Waals surface area contributed by atoms with Crippen molar-refractivity contribution in [1.29, 1.82) is 0 Å². The summed E-state index contributed by atoms with van der Waals surface area (Å²) in [5, 5.41) is 3.05. The fourth-order valence-corrected chi connectivity index (χ4v) is 3.93. The molecule has 2 rings (SSSR count). The molecule has 134 valence electrons. The SMILES string of the molecule is CON(C)S(=O)(=O)c1cccc(C(=O)NC2CCCCCCC2)c1. The fourth-order valence-electron chi connectivity index (χ4n) is 2.91. The standard InChI is InChI=1S/C17H26N2O4S/c1-19(23-2)24(21,22)16-12-8-9-14(13-16)17(20)18-15-10-6-4-3-5-7-11-15/h8-9,12-13,15H,3-7,10-11H2,1-2H3,(H,18,20). The number of hydrogen-bond acceptors (Lipinski definition) is 4. The molecule has 0 atom stereocenters. The van der Waals surface area contributed by atoms with Crippen LogP contribution in [0.4, 0.5) is 0 Å². The average molecular weight is 354 g/mol. The quantitative estimate of drug-likeness (QED) is 0.825. The average Bonchev–Trinajstić information content (AvgIpc) is 2.56. The Balaban J connectivity index is 2.11. The third-order valence-electron chi connectivity index (χ3n) is 4.43. The van der Waals surface area contributed by atoms with Gasteiger partial charge in [-0.2, -0.15) is 0 Å². The van der Waals surface area contributed by atoms with Crippen molar-refractivity contribution in [1.82, 2.24) is 9.79 Å². The first-order chi connectivity index (χ1) is 11.4. The molecule has 6 nitrogen and oxygen atoms in total. The minimum Gasteiger partial charge on any atom is -0.349 e. The molecule has 0 saturated heterocycles. The molecule has 0 heterocycles. The lowest BCUT2D eigenvalue weighted by atomic mass is 9.96. The van der Waals surface area contributed by atoms with E-state index in [2.05, 4.69) is 5.32 Å². The molecule has 1 saturated carbocycles. The van der Waals surface area contributed by atoms with Crippen molar-refractivity contribution in [2.45, 2.75) is 55.9 Å². The second kappa shape index (κ2) is 8.60. The van der Waals surface area contributed by atoms with Crippen molar-refractivity contribution >= 4 is 15.9 Å². The highest BCUT2D eigenvalue weighted by Crippen LogP contribution is 2.19. The molecule has 1 aliphatic carbocycles. The number of amides is 1. The largest absolute Gasteiger partial charge is 0.349 e. The predicted molar refractivity (Wildman–Crippen MR) is 92.0 cm³/mol. The Labute approximate surface area is 144 Å². The second-order valence-corrected chi connectivity index (χ2v) is 8.08. The maximum absolute atomic E-state index is 12.5. The molecule has 0 spiro atoms. The van der Waals surface area contributed by atoms with Crippen LogP contribution in [0.15, 0.2) is 29.2 Å². The van der Waals surface area contributed by atoms with E-state index in [0.717, 1.165) is 30.2 Å². The number of carbonyl (C=O) groups excluding carboxylic acids is 1. The van der Waals surface area contributed by atoms with E-state index in [4.69, 9.17) is 4.84 Å². The summed E-state index contributed by atoms with van der Waals surface area (Å²) in [5.74, 6) is -0.224. The molecule has 24 heavy (non-hydrogen) atoms. The first kappa shape index (κ1) is 18.9. The van der Waals surface area contributed by atoms with Crippen molar-refractivity contribution in [3.63, 3.8) is 0 Å². The maximum Gasteiger partial charge on any atom is 0.264 e. The number of carbonyl (C=O) groups is 1. The summed E-state index contributed by atoms with van der Waals surface area (Å²) in [6.07, 6.45) is 7.91. The van der Waals surface area contributed by atoms with Gasteiger partial charge in [0, 0.05) is 18.7 Å². The van der Waals surface area contributed by atoms with Gasteiger partial charge in [0.2, 0.25) is 0 Å². The van der Waals surface area contributed by atoms with E-state index >= 15 is 0 Å². The van der Waals surface area contributed by atoms with E-state index in [-0.39, 0.29) is 16.8 Å². The van der Waals surface area contributed by atoms with Crippen molar-refractivity contribution in [3.05, 3.63) is 29.8 Å². The number of sulfonamides is 1. The summed E-state index contributed by atoms with van der Waals surface area (Å²) < 4.78 is 25.3. The minimum absolute atomic E-state index is 0.0390. The highest BCUT2D eigenvalue weighted by atomic mass is 32.2. The molecule has 1 aromatic carbocycles. The molecule has 0 aliphatic heterocycles. The zero-order valence-corrected chi connectivity index (χ0v) is 15.1. The van der Waals surface area contributed by atoms with Gasteiger partial charge in [-0.25, -0.2) is 8.42 Å². The predicted octanol–water partition coefficient (Wildman–Crippen LogP) is 2.71. The smallest absolute Gasteiger partial charge is 0.264 e. The van der Waals surface area contributed by atoms with E-state index in [1.54, 1.807) is 12.1 Å². The van der Waals surface area contributed by atoms with Gasteiger partial charge in [-0.05, 0) is 31.0 Å². The number of nitrogens with one attached hydrogen (secondary N) is 1. The number of rotatable bonds is 5. The normalized spacial score (nSPS) is 17.3. The first-order valence-corrected chi connectivity index (χ1v) is 9.83. The van der Waals surface area contributed by atoms with Crippen molar-refractivity contribution < 1.29 is 18.0 Å². The van der Waals surface area contributed by atoms with E-state index in [0.29, 0.717) is 5.56 Å². The summed E-state index contributed by atoms with van der Waals surface area (Å²) >= 11 is 0. The van der Waals surface area contributed by atoms with E-state index in [9.17, 15) is 13.2 Å². The van der Waals surface area contributed by atoms with Gasteiger partial charge in [-0.1, -0.05) is 42.6 Å². The molecule has 7 heteroatoms. The van der Waals surface area contributed by atoms with Gasteiger partial charge in [-0.15, -0.1) is 0 Å². The fraction of sp³-hybridized carbons (Fsp3) is 0.588. The maximum atomic E-state index is 12.5. The Morgan fingerprint density at radius 2 is 1.79 bits per heavy atom. The Morgan fingerprint density at radius 3 is 2.42 bits per heavy atom. The van der Waals surface area contributed by atoms with Crippen molar-refractivity contribution in [2.24, 2.45) is 0 Å². The summed E-state index contributed by atoms with van der Waals surface area (Å²) in [7, 11) is -1.16. The number of hydrogen-bond donors (Lipinski definition) is 1. The highest BCUT2D eigenvalue weighted by molar-refractivity contribution is 7.89. The van der Waals surface area contributed by atoms with Gasteiger partial charge in [0.15, 0.2) is 0 Å². The summed E-state index contributed by atoms with van der Waals surface area (Å²) in [6.45, 7) is 0. The highest BCUT2D eigenvalue weighted by Gasteiger charge is 2.22. The molecule has 0 unspecified atom stereocenters. The van der Waals surface area contributed by atoms with Crippen LogP contribution >= 0.6 is 0 Å². The number of hydroxylamine groups is 1. The topological polar surface area (TPSA) is 75.7 Å². The van der Waals surface area contributed by atoms with Crippen LogP contribution in [0.5, 0.6) is 0 Å². The monoisotopic (exact) mass is 354 g/mol. The summed E-state index contributed by atoms with van der Waals surface area (Å²) in [4.78, 5) is 17.3. The molecule has 1 aliphatic rings. The lowest BCUT2D eigenvalue weighted by Gasteiger charge is -2.21. The molecule has 1 fully saturated rings. The van der Waals surface area contributed by atoms with Gasteiger partial charge >= 0.3 is 0 Å². The molecular formula is C17H26N2O4S. The van der Waals surface area contributed by atoms with Gasteiger partial charge in [0.1, 0.15) is 0 Å². The Hall–Kier alpha value is -1.44. The number of benzene rings is 1. The van der Waals surface area contributed by atoms with Crippen LogP contribution in [0.3, 0.4) is 0 Å². The van der Waals surface area contributed by atoms with Crippen LogP contribution in [0, 0.1) is 0 Å².